The molecule has 1 amide bonds. The molecule has 1 atom stereocenters. The van der Waals surface area contributed by atoms with Crippen LogP contribution < -0.4 is 4.90 Å². The van der Waals surface area contributed by atoms with Crippen molar-refractivity contribution in [3.05, 3.63) is 58.9 Å². The molecule has 4 rings (SSSR count). The van der Waals surface area contributed by atoms with Gasteiger partial charge < -0.3 is 4.90 Å². The van der Waals surface area contributed by atoms with Crippen LogP contribution in [0.3, 0.4) is 0 Å². The number of fused-ring (bicyclic) bond motifs is 1. The Labute approximate surface area is 179 Å². The molecule has 1 aromatic carbocycles. The third-order valence-electron chi connectivity index (χ3n) is 5.16. The maximum absolute atomic E-state index is 12.9. The second-order valence-corrected chi connectivity index (χ2v) is 8.82. The van der Waals surface area contributed by atoms with Crippen molar-refractivity contribution in [3.63, 3.8) is 0 Å². The van der Waals surface area contributed by atoms with Gasteiger partial charge >= 0.3 is 0 Å². The number of thioether (sulfide) groups is 1. The molecule has 0 bridgehead atoms. The lowest BCUT2D eigenvalue weighted by molar-refractivity contribution is -0.116. The molecule has 1 aliphatic rings. The summed E-state index contributed by atoms with van der Waals surface area (Å²) in [7, 11) is 0. The second-order valence-electron chi connectivity index (χ2n) is 7.46. The summed E-state index contributed by atoms with van der Waals surface area (Å²) in [4.78, 5) is 26.4. The van der Waals surface area contributed by atoms with Gasteiger partial charge in [0.15, 0.2) is 11.6 Å². The lowest BCUT2D eigenvalue weighted by atomic mass is 10.0. The number of amides is 1. The predicted molar refractivity (Wildman–Crippen MR) is 116 cm³/mol. The van der Waals surface area contributed by atoms with Gasteiger partial charge in [-0.15, -0.1) is 10.2 Å². The normalized spacial score (nSPS) is 13.9. The van der Waals surface area contributed by atoms with Crippen molar-refractivity contribution >= 4 is 29.1 Å². The first-order chi connectivity index (χ1) is 14.3. The monoisotopic (exact) mass is 421 g/mol. The Hall–Kier alpha value is -3.00. The number of carbonyl (C=O) groups is 2. The SMILES string of the molecule is CC(=O)N1CCc2cc(C(=O)[C@H](C)Sc3ccc(-n4nc(C)cc4C)nn3)ccc21. The van der Waals surface area contributed by atoms with Crippen LogP contribution >= 0.6 is 11.8 Å². The zero-order valence-corrected chi connectivity index (χ0v) is 18.2. The van der Waals surface area contributed by atoms with Gasteiger partial charge in [-0.25, -0.2) is 4.68 Å². The molecule has 0 radical (unpaired) electrons. The summed E-state index contributed by atoms with van der Waals surface area (Å²) in [5.74, 6) is 0.713. The largest absolute Gasteiger partial charge is 0.312 e. The van der Waals surface area contributed by atoms with E-state index in [0.29, 0.717) is 23.0 Å². The van der Waals surface area contributed by atoms with Gasteiger partial charge in [0.1, 0.15) is 5.03 Å². The molecule has 30 heavy (non-hydrogen) atoms. The van der Waals surface area contributed by atoms with E-state index in [4.69, 9.17) is 0 Å². The minimum atomic E-state index is -0.304. The fourth-order valence-corrected chi connectivity index (χ4v) is 4.54. The Morgan fingerprint density at radius 1 is 1.10 bits per heavy atom. The number of anilines is 1. The van der Waals surface area contributed by atoms with Crippen molar-refractivity contribution in [1.82, 2.24) is 20.0 Å². The second kappa shape index (κ2) is 8.02. The van der Waals surface area contributed by atoms with E-state index < -0.39 is 0 Å². The summed E-state index contributed by atoms with van der Waals surface area (Å²) >= 11 is 1.38. The maximum Gasteiger partial charge on any atom is 0.223 e. The van der Waals surface area contributed by atoms with Gasteiger partial charge in [0.25, 0.3) is 0 Å². The zero-order chi connectivity index (χ0) is 21.4. The average molecular weight is 422 g/mol. The average Bonchev–Trinajstić information content (AvgIpc) is 3.30. The topological polar surface area (TPSA) is 81.0 Å². The van der Waals surface area contributed by atoms with Gasteiger partial charge in [-0.2, -0.15) is 5.10 Å². The molecule has 8 heteroatoms. The minimum Gasteiger partial charge on any atom is -0.312 e. The number of ketones is 1. The van der Waals surface area contributed by atoms with Crippen LogP contribution in [0.1, 0.15) is 41.2 Å². The summed E-state index contributed by atoms with van der Waals surface area (Å²) in [6.07, 6.45) is 0.775. The van der Waals surface area contributed by atoms with Crippen LogP contribution in [0.15, 0.2) is 41.4 Å². The highest BCUT2D eigenvalue weighted by Crippen LogP contribution is 2.31. The van der Waals surface area contributed by atoms with Crippen molar-refractivity contribution in [3.8, 4) is 5.82 Å². The number of benzene rings is 1. The van der Waals surface area contributed by atoms with Crippen molar-refractivity contribution in [1.29, 1.82) is 0 Å². The third kappa shape index (κ3) is 3.87. The van der Waals surface area contributed by atoms with E-state index in [2.05, 4.69) is 15.3 Å². The molecule has 154 valence electrons. The molecule has 0 aliphatic carbocycles. The van der Waals surface area contributed by atoms with E-state index in [1.807, 2.05) is 51.1 Å². The molecule has 0 N–H and O–H groups in total. The highest BCUT2D eigenvalue weighted by Gasteiger charge is 2.25. The van der Waals surface area contributed by atoms with E-state index in [0.717, 1.165) is 29.1 Å². The van der Waals surface area contributed by atoms with Gasteiger partial charge in [0, 0.05) is 30.4 Å². The number of carbonyl (C=O) groups excluding carboxylic acids is 2. The first kappa shape index (κ1) is 20.3. The highest BCUT2D eigenvalue weighted by molar-refractivity contribution is 8.00. The molecule has 1 aliphatic heterocycles. The Morgan fingerprint density at radius 3 is 2.53 bits per heavy atom. The van der Waals surface area contributed by atoms with Gasteiger partial charge in [-0.1, -0.05) is 11.8 Å². The van der Waals surface area contributed by atoms with E-state index in [1.54, 1.807) is 22.6 Å². The fourth-order valence-electron chi connectivity index (χ4n) is 3.70. The number of aromatic nitrogens is 4. The van der Waals surface area contributed by atoms with E-state index in [1.165, 1.54) is 11.8 Å². The maximum atomic E-state index is 12.9. The molecular weight excluding hydrogens is 398 g/mol. The van der Waals surface area contributed by atoms with Crippen LogP contribution in [0.2, 0.25) is 0 Å². The number of nitrogens with zero attached hydrogens (tertiary/aromatic N) is 5. The van der Waals surface area contributed by atoms with Gasteiger partial charge in [-0.05, 0) is 69.2 Å². The van der Waals surface area contributed by atoms with Crippen LogP contribution in [-0.2, 0) is 11.2 Å². The van der Waals surface area contributed by atoms with Gasteiger partial charge in [-0.3, -0.25) is 9.59 Å². The van der Waals surface area contributed by atoms with Crippen molar-refractivity contribution in [2.75, 3.05) is 11.4 Å². The summed E-state index contributed by atoms with van der Waals surface area (Å²) < 4.78 is 1.75. The number of aryl methyl sites for hydroxylation is 2. The van der Waals surface area contributed by atoms with E-state index in [9.17, 15) is 9.59 Å². The molecule has 3 heterocycles. The highest BCUT2D eigenvalue weighted by atomic mass is 32.2. The number of hydrogen-bond acceptors (Lipinski definition) is 6. The lowest BCUT2D eigenvalue weighted by Crippen LogP contribution is -2.25. The molecule has 0 spiro atoms. The number of rotatable bonds is 5. The van der Waals surface area contributed by atoms with E-state index in [-0.39, 0.29) is 16.9 Å². The van der Waals surface area contributed by atoms with Gasteiger partial charge in [0.05, 0.1) is 10.9 Å². The van der Waals surface area contributed by atoms with Crippen LogP contribution in [0.25, 0.3) is 5.82 Å². The molecule has 0 unspecified atom stereocenters. The molecule has 7 nitrogen and oxygen atoms in total. The molecular formula is C22H23N5O2S. The van der Waals surface area contributed by atoms with Crippen molar-refractivity contribution in [2.45, 2.75) is 44.4 Å². The summed E-state index contributed by atoms with van der Waals surface area (Å²) in [5.41, 5.74) is 4.53. The fraction of sp³-hybridized carbons (Fsp3) is 0.318. The Balaban J connectivity index is 1.46. The van der Waals surface area contributed by atoms with Crippen LogP contribution in [0.4, 0.5) is 5.69 Å². The first-order valence-corrected chi connectivity index (χ1v) is 10.7. The van der Waals surface area contributed by atoms with Crippen molar-refractivity contribution < 1.29 is 9.59 Å². The smallest absolute Gasteiger partial charge is 0.223 e. The Bertz CT molecular complexity index is 1120. The summed E-state index contributed by atoms with van der Waals surface area (Å²) in [6, 6.07) is 11.3. The predicted octanol–water partition coefficient (Wildman–Crippen LogP) is 3.55. The van der Waals surface area contributed by atoms with Crippen LogP contribution in [0.5, 0.6) is 0 Å². The molecule has 2 aromatic heterocycles. The molecule has 3 aromatic rings. The number of hydrogen-bond donors (Lipinski definition) is 0. The Morgan fingerprint density at radius 2 is 1.90 bits per heavy atom. The Kier molecular flexibility index (Phi) is 5.42. The quantitative estimate of drug-likeness (QED) is 0.463. The first-order valence-electron chi connectivity index (χ1n) is 9.83. The minimum absolute atomic E-state index is 0.0271. The van der Waals surface area contributed by atoms with Crippen LogP contribution in [-0.4, -0.2) is 43.5 Å². The summed E-state index contributed by atoms with van der Waals surface area (Å²) in [6.45, 7) is 8.01. The summed E-state index contributed by atoms with van der Waals surface area (Å²) in [5, 5.41) is 13.3. The van der Waals surface area contributed by atoms with Gasteiger partial charge in [0.2, 0.25) is 5.91 Å². The number of Topliss-reactive ketones (excluding diaryl/α,β-unsaturated/α-hetero) is 1. The zero-order valence-electron chi connectivity index (χ0n) is 17.4. The van der Waals surface area contributed by atoms with Crippen LogP contribution in [0, 0.1) is 13.8 Å². The molecule has 0 saturated carbocycles. The molecule has 0 fully saturated rings. The standard InChI is InChI=1S/C22H23N5O2S/c1-13-11-14(2)27(25-13)20-7-8-21(24-23-20)30-15(3)22(29)18-5-6-19-17(12-18)9-10-26(19)16(4)28/h5-8,11-12,15H,9-10H2,1-4H3/t15-/m0/s1. The molecule has 0 saturated heterocycles. The van der Waals surface area contributed by atoms with Crippen molar-refractivity contribution in [2.24, 2.45) is 0 Å². The lowest BCUT2D eigenvalue weighted by Gasteiger charge is -2.15. The van der Waals surface area contributed by atoms with E-state index >= 15 is 0 Å². The third-order valence-corrected chi connectivity index (χ3v) is 6.19.